The Morgan fingerprint density at radius 3 is 2.48 bits per heavy atom. The van der Waals surface area contributed by atoms with Crippen molar-refractivity contribution in [1.82, 2.24) is 5.32 Å². The molecule has 3 N–H and O–H groups in total. The van der Waals surface area contributed by atoms with Crippen LogP contribution in [-0.2, 0) is 11.3 Å². The van der Waals surface area contributed by atoms with E-state index in [2.05, 4.69) is 10.6 Å². The number of aromatic carboxylic acids is 1. The molecule has 1 heterocycles. The van der Waals surface area contributed by atoms with Gasteiger partial charge in [0.1, 0.15) is 5.82 Å². The Morgan fingerprint density at radius 1 is 1.11 bits per heavy atom. The molecule has 8 heteroatoms. The number of carbonyl (C=O) groups excluding carboxylic acids is 1. The van der Waals surface area contributed by atoms with E-state index in [-0.39, 0.29) is 12.1 Å². The summed E-state index contributed by atoms with van der Waals surface area (Å²) in [6.45, 7) is 2.72. The molecule has 0 aliphatic carbocycles. The Bertz CT molecular complexity index is 820. The van der Waals surface area contributed by atoms with Crippen molar-refractivity contribution >= 4 is 23.4 Å². The lowest BCUT2D eigenvalue weighted by atomic mass is 10.1. The number of hydrogen-bond donors (Lipinski definition) is 3. The molecule has 2 aromatic rings. The van der Waals surface area contributed by atoms with Gasteiger partial charge in [-0.15, -0.1) is 0 Å². The predicted molar refractivity (Wildman–Crippen MR) is 98.7 cm³/mol. The fourth-order valence-electron chi connectivity index (χ4n) is 2.77. The Hall–Kier alpha value is -3.13. The minimum atomic E-state index is -1.01. The van der Waals surface area contributed by atoms with Gasteiger partial charge in [-0.1, -0.05) is 12.1 Å². The normalized spacial score (nSPS) is 13.9. The maximum Gasteiger partial charge on any atom is 0.335 e. The first-order chi connectivity index (χ1) is 13.0. The molecule has 0 bridgehead atoms. The van der Waals surface area contributed by atoms with E-state index in [0.717, 1.165) is 5.56 Å². The van der Waals surface area contributed by atoms with Crippen LogP contribution in [-0.4, -0.2) is 43.4 Å². The molecule has 0 radical (unpaired) electrons. The van der Waals surface area contributed by atoms with Gasteiger partial charge in [0.2, 0.25) is 0 Å². The molecule has 27 heavy (non-hydrogen) atoms. The molecule has 7 nitrogen and oxygen atoms in total. The second-order valence-corrected chi connectivity index (χ2v) is 6.11. The monoisotopic (exact) mass is 373 g/mol. The first-order valence-electron chi connectivity index (χ1n) is 8.51. The minimum absolute atomic E-state index is 0.179. The third-order valence-electron chi connectivity index (χ3n) is 4.17. The zero-order valence-corrected chi connectivity index (χ0v) is 14.6. The smallest absolute Gasteiger partial charge is 0.335 e. The molecule has 142 valence electrons. The summed E-state index contributed by atoms with van der Waals surface area (Å²) in [5.41, 5.74) is 1.98. The van der Waals surface area contributed by atoms with E-state index in [0.29, 0.717) is 37.7 Å². The summed E-state index contributed by atoms with van der Waals surface area (Å²) < 4.78 is 19.2. The third-order valence-corrected chi connectivity index (χ3v) is 4.17. The molecule has 2 aromatic carbocycles. The van der Waals surface area contributed by atoms with Crippen LogP contribution < -0.4 is 15.5 Å². The van der Waals surface area contributed by atoms with Gasteiger partial charge in [-0.2, -0.15) is 0 Å². The van der Waals surface area contributed by atoms with Gasteiger partial charge in [-0.3, -0.25) is 0 Å². The van der Waals surface area contributed by atoms with Crippen LogP contribution in [0.25, 0.3) is 0 Å². The summed E-state index contributed by atoms with van der Waals surface area (Å²) in [5, 5.41) is 14.2. The number of carboxylic acid groups (broad SMARTS) is 1. The van der Waals surface area contributed by atoms with Crippen molar-refractivity contribution in [2.45, 2.75) is 6.54 Å². The van der Waals surface area contributed by atoms with Crippen molar-refractivity contribution in [3.8, 4) is 0 Å². The number of carbonyl (C=O) groups is 2. The van der Waals surface area contributed by atoms with Crippen molar-refractivity contribution in [1.29, 1.82) is 0 Å². The van der Waals surface area contributed by atoms with Crippen LogP contribution >= 0.6 is 0 Å². The van der Waals surface area contributed by atoms with E-state index in [1.165, 1.54) is 24.3 Å². The van der Waals surface area contributed by atoms with Gasteiger partial charge < -0.3 is 25.4 Å². The van der Waals surface area contributed by atoms with Gasteiger partial charge in [0.25, 0.3) is 0 Å². The standard InChI is InChI=1S/C19H20FN3O4/c20-15-9-16(11-17(10-15)23-5-7-27-8-6-23)22-19(26)21-12-13-1-3-14(4-2-13)18(24)25/h1-4,9-11H,5-8,12H2,(H,24,25)(H2,21,22,26). The highest BCUT2D eigenvalue weighted by atomic mass is 19.1. The van der Waals surface area contributed by atoms with Crippen molar-refractivity contribution in [2.24, 2.45) is 0 Å². The highest BCUT2D eigenvalue weighted by Gasteiger charge is 2.14. The zero-order chi connectivity index (χ0) is 19.2. The quantitative estimate of drug-likeness (QED) is 0.750. The van der Waals surface area contributed by atoms with Gasteiger partial charge in [0.15, 0.2) is 0 Å². The van der Waals surface area contributed by atoms with Crippen molar-refractivity contribution < 1.29 is 23.8 Å². The largest absolute Gasteiger partial charge is 0.478 e. The number of benzene rings is 2. The number of nitrogens with zero attached hydrogens (tertiary/aromatic N) is 1. The second-order valence-electron chi connectivity index (χ2n) is 6.11. The number of hydrogen-bond acceptors (Lipinski definition) is 4. The summed E-state index contributed by atoms with van der Waals surface area (Å²) >= 11 is 0. The van der Waals surface area contributed by atoms with Crippen LogP contribution in [0.15, 0.2) is 42.5 Å². The summed E-state index contributed by atoms with van der Waals surface area (Å²) in [4.78, 5) is 24.9. The lowest BCUT2D eigenvalue weighted by Crippen LogP contribution is -2.36. The topological polar surface area (TPSA) is 90.9 Å². The zero-order valence-electron chi connectivity index (χ0n) is 14.6. The molecule has 0 aromatic heterocycles. The molecule has 1 saturated heterocycles. The number of morpholine rings is 1. The molecule has 0 spiro atoms. The molecule has 3 rings (SSSR count). The number of carboxylic acids is 1. The maximum atomic E-state index is 13.9. The van der Waals surface area contributed by atoms with Crippen LogP contribution in [0.3, 0.4) is 0 Å². The number of anilines is 2. The van der Waals surface area contributed by atoms with Gasteiger partial charge in [0.05, 0.1) is 18.8 Å². The number of halogens is 1. The fraction of sp³-hybridized carbons (Fsp3) is 0.263. The Morgan fingerprint density at radius 2 is 1.81 bits per heavy atom. The molecule has 2 amide bonds. The molecule has 0 atom stereocenters. The highest BCUT2D eigenvalue weighted by molar-refractivity contribution is 5.90. The fourth-order valence-corrected chi connectivity index (χ4v) is 2.77. The van der Waals surface area contributed by atoms with Crippen molar-refractivity contribution in [3.05, 3.63) is 59.4 Å². The van der Waals surface area contributed by atoms with Gasteiger partial charge in [-0.25, -0.2) is 14.0 Å². The number of ether oxygens (including phenoxy) is 1. The van der Waals surface area contributed by atoms with Gasteiger partial charge in [0, 0.05) is 31.0 Å². The molecule has 1 aliphatic rings. The van der Waals surface area contributed by atoms with Crippen LogP contribution in [0, 0.1) is 5.82 Å². The Balaban J connectivity index is 1.58. The van der Waals surface area contributed by atoms with Crippen molar-refractivity contribution in [3.63, 3.8) is 0 Å². The van der Waals surface area contributed by atoms with Crippen LogP contribution in [0.2, 0.25) is 0 Å². The van der Waals surface area contributed by atoms with E-state index in [1.807, 2.05) is 4.90 Å². The Kier molecular flexibility index (Phi) is 5.87. The molecule has 1 aliphatic heterocycles. The number of urea groups is 1. The molecular formula is C19H20FN3O4. The highest BCUT2D eigenvalue weighted by Crippen LogP contribution is 2.22. The molecule has 1 fully saturated rings. The first-order valence-corrected chi connectivity index (χ1v) is 8.51. The number of amides is 2. The maximum absolute atomic E-state index is 13.9. The Labute approximate surface area is 155 Å². The van der Waals surface area contributed by atoms with Crippen molar-refractivity contribution in [2.75, 3.05) is 36.5 Å². The van der Waals surface area contributed by atoms with E-state index in [1.54, 1.807) is 18.2 Å². The number of rotatable bonds is 5. The lowest BCUT2D eigenvalue weighted by Gasteiger charge is -2.29. The molecule has 0 saturated carbocycles. The summed E-state index contributed by atoms with van der Waals surface area (Å²) in [7, 11) is 0. The van der Waals surface area contributed by atoms with Gasteiger partial charge >= 0.3 is 12.0 Å². The molecular weight excluding hydrogens is 353 g/mol. The van der Waals surface area contributed by atoms with E-state index in [9.17, 15) is 14.0 Å². The minimum Gasteiger partial charge on any atom is -0.478 e. The first kappa shape index (κ1) is 18.7. The van der Waals surface area contributed by atoms with Gasteiger partial charge in [-0.05, 0) is 35.9 Å². The lowest BCUT2D eigenvalue weighted by molar-refractivity contribution is 0.0697. The summed E-state index contributed by atoms with van der Waals surface area (Å²) in [6.07, 6.45) is 0. The van der Waals surface area contributed by atoms with E-state index in [4.69, 9.17) is 9.84 Å². The van der Waals surface area contributed by atoms with Crippen LogP contribution in [0.4, 0.5) is 20.6 Å². The third kappa shape index (κ3) is 5.18. The average molecular weight is 373 g/mol. The SMILES string of the molecule is O=C(NCc1ccc(C(=O)O)cc1)Nc1cc(F)cc(N2CCOCC2)c1. The summed E-state index contributed by atoms with van der Waals surface area (Å²) in [5.74, 6) is -1.44. The van der Waals surface area contributed by atoms with Crippen LogP contribution in [0.1, 0.15) is 15.9 Å². The van der Waals surface area contributed by atoms with E-state index < -0.39 is 17.8 Å². The molecule has 0 unspecified atom stereocenters. The predicted octanol–water partition coefficient (Wildman–Crippen LogP) is 2.68. The average Bonchev–Trinajstić information content (AvgIpc) is 2.67. The van der Waals surface area contributed by atoms with E-state index >= 15 is 0 Å². The van der Waals surface area contributed by atoms with Crippen LogP contribution in [0.5, 0.6) is 0 Å². The second kappa shape index (κ2) is 8.50. The summed E-state index contributed by atoms with van der Waals surface area (Å²) in [6, 6.07) is 10.1. The number of nitrogens with one attached hydrogen (secondary N) is 2.